The highest BCUT2D eigenvalue weighted by Crippen LogP contribution is 2.27. The Morgan fingerprint density at radius 1 is 1.50 bits per heavy atom. The van der Waals surface area contributed by atoms with Crippen LogP contribution in [0.15, 0.2) is 17.0 Å². The average Bonchev–Trinajstić information content (AvgIpc) is 2.08. The van der Waals surface area contributed by atoms with Crippen molar-refractivity contribution in [2.24, 2.45) is 5.73 Å². The molecule has 0 radical (unpaired) electrons. The quantitative estimate of drug-likeness (QED) is 0.288. The number of anilines is 1. The molecule has 6 nitrogen and oxygen atoms in total. The number of hydrogen-bond acceptors (Lipinski definition) is 5. The predicted octanol–water partition coefficient (Wildman–Crippen LogP) is 0.565. The van der Waals surface area contributed by atoms with Crippen molar-refractivity contribution in [3.8, 4) is 0 Å². The number of carbonyl (C=O) groups is 1. The number of thiol groups is 1. The Morgan fingerprint density at radius 2 is 2.07 bits per heavy atom. The number of benzene rings is 1. The fourth-order valence-corrected chi connectivity index (χ4v) is 1.14. The van der Waals surface area contributed by atoms with E-state index in [4.69, 9.17) is 11.5 Å². The zero-order valence-electron chi connectivity index (χ0n) is 6.93. The Balaban J connectivity index is 3.46. The fraction of sp³-hybridized carbons (Fsp3) is 0. The molecule has 0 unspecified atom stereocenters. The highest BCUT2D eigenvalue weighted by atomic mass is 32.1. The van der Waals surface area contributed by atoms with Gasteiger partial charge in [0, 0.05) is 11.0 Å². The number of nitro groups is 1. The van der Waals surface area contributed by atoms with Gasteiger partial charge in [-0.25, -0.2) is 0 Å². The minimum absolute atomic E-state index is 0.130. The summed E-state index contributed by atoms with van der Waals surface area (Å²) in [7, 11) is 0. The fourth-order valence-electron chi connectivity index (χ4n) is 0.941. The summed E-state index contributed by atoms with van der Waals surface area (Å²) in [5.41, 5.74) is 9.87. The van der Waals surface area contributed by atoms with Crippen molar-refractivity contribution in [1.82, 2.24) is 0 Å². The lowest BCUT2D eigenvalue weighted by Gasteiger charge is -2.02. The van der Waals surface area contributed by atoms with Crippen LogP contribution in [0.1, 0.15) is 10.4 Å². The van der Waals surface area contributed by atoms with E-state index < -0.39 is 16.5 Å². The molecule has 0 saturated heterocycles. The van der Waals surface area contributed by atoms with E-state index >= 15 is 0 Å². The van der Waals surface area contributed by atoms with Crippen LogP contribution in [0.3, 0.4) is 0 Å². The van der Waals surface area contributed by atoms with Crippen molar-refractivity contribution < 1.29 is 9.72 Å². The lowest BCUT2D eigenvalue weighted by Crippen LogP contribution is -2.13. The Labute approximate surface area is 84.4 Å². The minimum Gasteiger partial charge on any atom is -0.398 e. The second kappa shape index (κ2) is 3.54. The van der Waals surface area contributed by atoms with Crippen molar-refractivity contribution in [2.45, 2.75) is 4.90 Å². The number of nitrogen functional groups attached to an aromatic ring is 1. The van der Waals surface area contributed by atoms with Crippen LogP contribution in [-0.2, 0) is 0 Å². The number of nitro benzene ring substituents is 1. The molecule has 1 amide bonds. The predicted molar refractivity (Wildman–Crippen MR) is 53.3 cm³/mol. The summed E-state index contributed by atoms with van der Waals surface area (Å²) in [6, 6.07) is 2.24. The molecule has 0 aliphatic carbocycles. The molecule has 0 spiro atoms. The van der Waals surface area contributed by atoms with Gasteiger partial charge in [0.15, 0.2) is 0 Å². The molecule has 0 fully saturated rings. The zero-order chi connectivity index (χ0) is 10.9. The van der Waals surface area contributed by atoms with Gasteiger partial charge in [-0.05, 0) is 6.07 Å². The molecule has 0 aromatic heterocycles. The summed E-state index contributed by atoms with van der Waals surface area (Å²) in [4.78, 5) is 20.9. The topological polar surface area (TPSA) is 112 Å². The van der Waals surface area contributed by atoms with Crippen molar-refractivity contribution in [3.05, 3.63) is 27.8 Å². The Morgan fingerprint density at radius 3 is 2.50 bits per heavy atom. The second-order valence-corrected chi connectivity index (χ2v) is 3.03. The van der Waals surface area contributed by atoms with E-state index in [9.17, 15) is 14.9 Å². The maximum atomic E-state index is 10.8. The average molecular weight is 213 g/mol. The van der Waals surface area contributed by atoms with Gasteiger partial charge in [-0.2, -0.15) is 0 Å². The molecule has 0 aliphatic heterocycles. The van der Waals surface area contributed by atoms with Crippen LogP contribution in [0.5, 0.6) is 0 Å². The largest absolute Gasteiger partial charge is 0.398 e. The zero-order valence-corrected chi connectivity index (χ0v) is 7.82. The van der Waals surface area contributed by atoms with E-state index in [0.29, 0.717) is 0 Å². The standard InChI is InChI=1S/C7H7N3O3S/c8-4-2-5(10(12)13)3(7(9)11)1-6(4)14/h1-2,14H,8H2,(H2,9,11). The van der Waals surface area contributed by atoms with Crippen molar-refractivity contribution in [1.29, 1.82) is 0 Å². The summed E-state index contributed by atoms with van der Waals surface area (Å²) in [5, 5.41) is 10.5. The molecule has 14 heavy (non-hydrogen) atoms. The van der Waals surface area contributed by atoms with Gasteiger partial charge in [0.25, 0.3) is 11.6 Å². The molecule has 7 heteroatoms. The lowest BCUT2D eigenvalue weighted by atomic mass is 10.1. The van der Waals surface area contributed by atoms with Crippen LogP contribution in [0.4, 0.5) is 11.4 Å². The Kier molecular flexibility index (Phi) is 2.61. The summed E-state index contributed by atoms with van der Waals surface area (Å²) in [6.07, 6.45) is 0. The summed E-state index contributed by atoms with van der Waals surface area (Å²) in [5.74, 6) is -0.882. The van der Waals surface area contributed by atoms with Crippen molar-refractivity contribution in [2.75, 3.05) is 5.73 Å². The van der Waals surface area contributed by atoms with E-state index in [0.717, 1.165) is 6.07 Å². The van der Waals surface area contributed by atoms with Crippen molar-refractivity contribution >= 4 is 29.9 Å². The van der Waals surface area contributed by atoms with Gasteiger partial charge in [-0.1, -0.05) is 0 Å². The number of primary amides is 1. The Hall–Kier alpha value is -1.76. The van der Waals surface area contributed by atoms with E-state index in [1.807, 2.05) is 0 Å². The first kappa shape index (κ1) is 10.3. The van der Waals surface area contributed by atoms with Gasteiger partial charge in [0.05, 0.1) is 10.6 Å². The van der Waals surface area contributed by atoms with Crippen LogP contribution in [0, 0.1) is 10.1 Å². The monoisotopic (exact) mass is 213 g/mol. The summed E-state index contributed by atoms with van der Waals surface area (Å²) < 4.78 is 0. The van der Waals surface area contributed by atoms with Gasteiger partial charge in [-0.3, -0.25) is 14.9 Å². The molecule has 0 bridgehead atoms. The lowest BCUT2D eigenvalue weighted by molar-refractivity contribution is -0.385. The molecule has 0 saturated carbocycles. The molecular formula is C7H7N3O3S. The third-order valence-electron chi connectivity index (χ3n) is 1.61. The van der Waals surface area contributed by atoms with E-state index in [1.165, 1.54) is 6.07 Å². The third-order valence-corrected chi connectivity index (χ3v) is 1.99. The smallest absolute Gasteiger partial charge is 0.284 e. The third kappa shape index (κ3) is 1.77. The SMILES string of the molecule is NC(=O)c1cc(S)c(N)cc1[N+](=O)[O-]. The van der Waals surface area contributed by atoms with Crippen LogP contribution < -0.4 is 11.5 Å². The maximum absolute atomic E-state index is 10.8. The molecular weight excluding hydrogens is 206 g/mol. The van der Waals surface area contributed by atoms with Gasteiger partial charge < -0.3 is 11.5 Å². The highest BCUT2D eigenvalue weighted by molar-refractivity contribution is 7.80. The van der Waals surface area contributed by atoms with E-state index in [-0.39, 0.29) is 16.1 Å². The molecule has 1 rings (SSSR count). The first-order chi connectivity index (χ1) is 6.43. The van der Waals surface area contributed by atoms with Gasteiger partial charge in [0.2, 0.25) is 0 Å². The molecule has 4 N–H and O–H groups in total. The highest BCUT2D eigenvalue weighted by Gasteiger charge is 2.19. The van der Waals surface area contributed by atoms with E-state index in [2.05, 4.69) is 12.6 Å². The molecule has 0 atom stereocenters. The number of nitrogens with zero attached hydrogens (tertiary/aromatic N) is 1. The summed E-state index contributed by atoms with van der Waals surface area (Å²) in [6.45, 7) is 0. The number of amides is 1. The molecule has 0 aliphatic rings. The normalized spacial score (nSPS) is 9.79. The molecule has 1 aromatic carbocycles. The van der Waals surface area contributed by atoms with Gasteiger partial charge >= 0.3 is 0 Å². The minimum atomic E-state index is -0.882. The van der Waals surface area contributed by atoms with Crippen LogP contribution in [0.25, 0.3) is 0 Å². The maximum Gasteiger partial charge on any atom is 0.284 e. The van der Waals surface area contributed by atoms with Crippen LogP contribution in [-0.4, -0.2) is 10.8 Å². The number of nitrogens with two attached hydrogens (primary N) is 2. The first-order valence-electron chi connectivity index (χ1n) is 3.50. The van der Waals surface area contributed by atoms with Crippen LogP contribution >= 0.6 is 12.6 Å². The van der Waals surface area contributed by atoms with E-state index in [1.54, 1.807) is 0 Å². The number of carbonyl (C=O) groups excluding carboxylic acids is 1. The molecule has 74 valence electrons. The van der Waals surface area contributed by atoms with Gasteiger partial charge in [0.1, 0.15) is 5.56 Å². The summed E-state index contributed by atoms with van der Waals surface area (Å²) >= 11 is 3.92. The Bertz CT molecular complexity index is 380. The van der Waals surface area contributed by atoms with Gasteiger partial charge in [-0.15, -0.1) is 12.6 Å². The first-order valence-corrected chi connectivity index (χ1v) is 3.95. The molecule has 0 heterocycles. The number of hydrogen-bond donors (Lipinski definition) is 3. The van der Waals surface area contributed by atoms with Crippen molar-refractivity contribution in [3.63, 3.8) is 0 Å². The van der Waals surface area contributed by atoms with Crippen LogP contribution in [0.2, 0.25) is 0 Å². The molecule has 1 aromatic rings. The number of rotatable bonds is 2. The second-order valence-electron chi connectivity index (χ2n) is 2.55.